The summed E-state index contributed by atoms with van der Waals surface area (Å²) in [6.07, 6.45) is 0. The SMILES string of the molecule is CC(C)(C)c1ccc([C@](C)([NH3+])C(=O)[O-])cc1. The van der Waals surface area contributed by atoms with Crippen LogP contribution in [0.1, 0.15) is 38.8 Å². The molecular weight excluding hydrogens is 202 g/mol. The summed E-state index contributed by atoms with van der Waals surface area (Å²) in [5, 5.41) is 10.9. The molecule has 0 aliphatic rings. The van der Waals surface area contributed by atoms with E-state index in [4.69, 9.17) is 0 Å². The molecule has 0 saturated heterocycles. The van der Waals surface area contributed by atoms with Crippen molar-refractivity contribution < 1.29 is 15.6 Å². The number of carboxylic acid groups (broad SMARTS) is 1. The second kappa shape index (κ2) is 3.91. The lowest BCUT2D eigenvalue weighted by Gasteiger charge is -2.24. The van der Waals surface area contributed by atoms with Gasteiger partial charge < -0.3 is 15.6 Å². The predicted octanol–water partition coefficient (Wildman–Crippen LogP) is 0.191. The highest BCUT2D eigenvalue weighted by Gasteiger charge is 2.27. The van der Waals surface area contributed by atoms with Gasteiger partial charge in [0.2, 0.25) is 0 Å². The highest BCUT2D eigenvalue weighted by atomic mass is 16.4. The highest BCUT2D eigenvalue weighted by Crippen LogP contribution is 2.24. The van der Waals surface area contributed by atoms with E-state index in [0.29, 0.717) is 5.56 Å². The van der Waals surface area contributed by atoms with Crippen LogP contribution in [0.5, 0.6) is 0 Å². The van der Waals surface area contributed by atoms with E-state index in [1.807, 2.05) is 24.3 Å². The molecule has 3 heteroatoms. The number of hydrogen-bond acceptors (Lipinski definition) is 2. The number of rotatable bonds is 2. The van der Waals surface area contributed by atoms with Crippen molar-refractivity contribution in [2.45, 2.75) is 38.6 Å². The van der Waals surface area contributed by atoms with Crippen LogP contribution in [0.2, 0.25) is 0 Å². The van der Waals surface area contributed by atoms with Gasteiger partial charge in [-0.25, -0.2) is 0 Å². The Bertz CT molecular complexity index is 385. The minimum absolute atomic E-state index is 0.0670. The maximum absolute atomic E-state index is 10.9. The van der Waals surface area contributed by atoms with Crippen molar-refractivity contribution in [3.63, 3.8) is 0 Å². The Labute approximate surface area is 96.3 Å². The van der Waals surface area contributed by atoms with Crippen LogP contribution in [-0.4, -0.2) is 5.97 Å². The third-order valence-electron chi connectivity index (χ3n) is 2.84. The Kier molecular flexibility index (Phi) is 3.10. The molecule has 3 nitrogen and oxygen atoms in total. The van der Waals surface area contributed by atoms with Crippen LogP contribution in [0.15, 0.2) is 24.3 Å². The van der Waals surface area contributed by atoms with Crippen molar-refractivity contribution in [3.05, 3.63) is 35.4 Å². The van der Waals surface area contributed by atoms with Crippen molar-refractivity contribution >= 4 is 5.97 Å². The van der Waals surface area contributed by atoms with Gasteiger partial charge in [-0.1, -0.05) is 45.0 Å². The summed E-state index contributed by atoms with van der Waals surface area (Å²) in [4.78, 5) is 10.9. The molecule has 0 unspecified atom stereocenters. The molecule has 0 bridgehead atoms. The maximum atomic E-state index is 10.9. The summed E-state index contributed by atoms with van der Waals surface area (Å²) >= 11 is 0. The lowest BCUT2D eigenvalue weighted by molar-refractivity contribution is -0.489. The fourth-order valence-corrected chi connectivity index (χ4v) is 1.46. The Morgan fingerprint density at radius 3 is 1.75 bits per heavy atom. The van der Waals surface area contributed by atoms with Gasteiger partial charge in [-0.3, -0.25) is 0 Å². The smallest absolute Gasteiger partial charge is 0.157 e. The summed E-state index contributed by atoms with van der Waals surface area (Å²) in [6.45, 7) is 7.90. The molecule has 0 aromatic heterocycles. The maximum Gasteiger partial charge on any atom is 0.157 e. The van der Waals surface area contributed by atoms with Crippen LogP contribution in [-0.2, 0) is 15.7 Å². The molecule has 0 spiro atoms. The second-order valence-corrected chi connectivity index (χ2v) is 5.45. The summed E-state index contributed by atoms with van der Waals surface area (Å²) < 4.78 is 0. The van der Waals surface area contributed by atoms with E-state index in [0.717, 1.165) is 0 Å². The van der Waals surface area contributed by atoms with Gasteiger partial charge >= 0.3 is 0 Å². The quantitative estimate of drug-likeness (QED) is 0.774. The first-order valence-corrected chi connectivity index (χ1v) is 5.33. The minimum Gasteiger partial charge on any atom is -0.543 e. The Balaban J connectivity index is 3.09. The fraction of sp³-hybridized carbons (Fsp3) is 0.462. The van der Waals surface area contributed by atoms with Crippen LogP contribution < -0.4 is 10.8 Å². The van der Waals surface area contributed by atoms with E-state index in [2.05, 4.69) is 26.5 Å². The first-order valence-electron chi connectivity index (χ1n) is 5.33. The zero-order valence-electron chi connectivity index (χ0n) is 10.3. The number of carbonyl (C=O) groups is 1. The average molecular weight is 221 g/mol. The van der Waals surface area contributed by atoms with E-state index in [1.165, 1.54) is 5.56 Å². The zero-order valence-corrected chi connectivity index (χ0v) is 10.3. The Morgan fingerprint density at radius 2 is 1.44 bits per heavy atom. The third kappa shape index (κ3) is 2.42. The van der Waals surface area contributed by atoms with Crippen molar-refractivity contribution in [2.75, 3.05) is 0 Å². The first kappa shape index (κ1) is 12.7. The molecule has 88 valence electrons. The monoisotopic (exact) mass is 221 g/mol. The van der Waals surface area contributed by atoms with E-state index in [-0.39, 0.29) is 5.41 Å². The molecule has 1 aromatic rings. The molecule has 0 fully saturated rings. The molecule has 0 heterocycles. The van der Waals surface area contributed by atoms with E-state index in [9.17, 15) is 9.90 Å². The van der Waals surface area contributed by atoms with E-state index in [1.54, 1.807) is 6.92 Å². The molecule has 0 saturated carbocycles. The molecular formula is C13H19NO2. The largest absolute Gasteiger partial charge is 0.543 e. The van der Waals surface area contributed by atoms with Gasteiger partial charge in [0, 0.05) is 12.5 Å². The number of carbonyl (C=O) groups excluding carboxylic acids is 1. The summed E-state index contributed by atoms with van der Waals surface area (Å²) in [5.41, 5.74) is 4.39. The number of hydrogen-bond donors (Lipinski definition) is 1. The molecule has 1 aromatic carbocycles. The Hall–Kier alpha value is -1.35. The average Bonchev–Trinajstić information content (AvgIpc) is 2.16. The standard InChI is InChI=1S/C13H19NO2/c1-12(2,3)9-5-7-10(8-6-9)13(4,14)11(15)16/h5-8H,14H2,1-4H3,(H,15,16)/t13-/m0/s1. The normalized spacial score (nSPS) is 15.6. The van der Waals surface area contributed by atoms with Gasteiger partial charge in [-0.15, -0.1) is 0 Å². The first-order chi connectivity index (χ1) is 7.15. The van der Waals surface area contributed by atoms with Gasteiger partial charge in [0.05, 0.1) is 0 Å². The zero-order chi connectivity index (χ0) is 12.6. The molecule has 0 amide bonds. The molecule has 0 aliphatic carbocycles. The van der Waals surface area contributed by atoms with Gasteiger partial charge in [0.15, 0.2) is 5.54 Å². The topological polar surface area (TPSA) is 67.8 Å². The summed E-state index contributed by atoms with van der Waals surface area (Å²) in [7, 11) is 0. The van der Waals surface area contributed by atoms with Crippen LogP contribution >= 0.6 is 0 Å². The van der Waals surface area contributed by atoms with Gasteiger partial charge in [-0.2, -0.15) is 0 Å². The molecule has 0 aliphatic heterocycles. The van der Waals surface area contributed by atoms with Crippen LogP contribution in [0.25, 0.3) is 0 Å². The third-order valence-corrected chi connectivity index (χ3v) is 2.84. The van der Waals surface area contributed by atoms with Crippen LogP contribution in [0.4, 0.5) is 0 Å². The molecule has 1 atom stereocenters. The van der Waals surface area contributed by atoms with Gasteiger partial charge in [0.25, 0.3) is 0 Å². The number of benzene rings is 1. The van der Waals surface area contributed by atoms with Crippen LogP contribution in [0, 0.1) is 0 Å². The lowest BCUT2D eigenvalue weighted by Crippen LogP contribution is -2.75. The van der Waals surface area contributed by atoms with Crippen LogP contribution in [0.3, 0.4) is 0 Å². The summed E-state index contributed by atoms with van der Waals surface area (Å²) in [5.74, 6) is -1.16. The second-order valence-electron chi connectivity index (χ2n) is 5.45. The number of carboxylic acids is 1. The predicted molar refractivity (Wildman–Crippen MR) is 60.4 cm³/mol. The summed E-state index contributed by atoms with van der Waals surface area (Å²) in [6, 6.07) is 7.51. The molecule has 0 radical (unpaired) electrons. The van der Waals surface area contributed by atoms with Gasteiger partial charge in [-0.05, 0) is 11.0 Å². The van der Waals surface area contributed by atoms with E-state index >= 15 is 0 Å². The van der Waals surface area contributed by atoms with E-state index < -0.39 is 11.5 Å². The van der Waals surface area contributed by atoms with Crippen molar-refractivity contribution in [1.82, 2.24) is 0 Å². The number of quaternary nitrogens is 1. The number of aliphatic carboxylic acids is 1. The van der Waals surface area contributed by atoms with Crippen molar-refractivity contribution in [3.8, 4) is 0 Å². The van der Waals surface area contributed by atoms with Crippen molar-refractivity contribution in [1.29, 1.82) is 0 Å². The minimum atomic E-state index is -1.18. The van der Waals surface area contributed by atoms with Crippen molar-refractivity contribution in [2.24, 2.45) is 0 Å². The Morgan fingerprint density at radius 1 is 1.06 bits per heavy atom. The highest BCUT2D eigenvalue weighted by molar-refractivity contribution is 5.76. The molecule has 16 heavy (non-hydrogen) atoms. The molecule has 3 N–H and O–H groups in total. The van der Waals surface area contributed by atoms with Gasteiger partial charge in [0.1, 0.15) is 5.97 Å². The lowest BCUT2D eigenvalue weighted by atomic mass is 9.84. The molecule has 1 rings (SSSR count). The fourth-order valence-electron chi connectivity index (χ4n) is 1.46.